The first kappa shape index (κ1) is 32.4. The summed E-state index contributed by atoms with van der Waals surface area (Å²) in [5, 5.41) is 45.0. The minimum atomic E-state index is -1.12. The maximum absolute atomic E-state index is 14.8. The first-order chi connectivity index (χ1) is 18.3. The summed E-state index contributed by atoms with van der Waals surface area (Å²) < 4.78 is 20.1. The van der Waals surface area contributed by atoms with Crippen LogP contribution in [0.3, 0.4) is 0 Å². The van der Waals surface area contributed by atoms with E-state index in [0.29, 0.717) is 29.6 Å². The predicted octanol–water partition coefficient (Wildman–Crippen LogP) is 3.50. The van der Waals surface area contributed by atoms with Gasteiger partial charge in [0.25, 0.3) is 5.91 Å². The van der Waals surface area contributed by atoms with Crippen LogP contribution in [0, 0.1) is 36.4 Å². The second kappa shape index (κ2) is 14.6. The van der Waals surface area contributed by atoms with Gasteiger partial charge in [-0.1, -0.05) is 26.0 Å². The summed E-state index contributed by atoms with van der Waals surface area (Å²) in [4.78, 5) is 24.5. The van der Waals surface area contributed by atoms with Gasteiger partial charge in [-0.3, -0.25) is 4.79 Å². The summed E-state index contributed by atoms with van der Waals surface area (Å²) in [5.41, 5.74) is 6.98. The van der Waals surface area contributed by atoms with Crippen molar-refractivity contribution in [2.75, 3.05) is 18.5 Å². The van der Waals surface area contributed by atoms with Gasteiger partial charge >= 0.3 is 6.09 Å². The van der Waals surface area contributed by atoms with Gasteiger partial charge in [0.05, 0.1) is 12.2 Å². The number of amides is 2. The number of nitrogens with two attached hydrogens (primary N) is 1. The fourth-order valence-corrected chi connectivity index (χ4v) is 5.21. The summed E-state index contributed by atoms with van der Waals surface area (Å²) in [5.74, 6) is -3.17. The Hall–Kier alpha value is -2.79. The maximum Gasteiger partial charge on any atom is 0.405 e. The molecule has 10 heteroatoms. The van der Waals surface area contributed by atoms with E-state index in [9.17, 15) is 34.4 Å². The highest BCUT2D eigenvalue weighted by molar-refractivity contribution is 6.03. The van der Waals surface area contributed by atoms with Gasteiger partial charge < -0.3 is 36.2 Å². The van der Waals surface area contributed by atoms with Crippen molar-refractivity contribution in [3.05, 3.63) is 52.4 Å². The zero-order valence-corrected chi connectivity index (χ0v) is 23.4. The Morgan fingerprint density at radius 1 is 1.13 bits per heavy atom. The molecule has 0 fully saturated rings. The Labute approximate surface area is 229 Å². The van der Waals surface area contributed by atoms with Crippen molar-refractivity contribution < 1.29 is 39.1 Å². The molecule has 0 radical (unpaired) electrons. The Kier molecular flexibility index (Phi) is 12.1. The minimum absolute atomic E-state index is 0.186. The molecule has 1 aliphatic rings. The molecule has 1 aromatic carbocycles. The van der Waals surface area contributed by atoms with E-state index in [0.717, 1.165) is 0 Å². The van der Waals surface area contributed by atoms with Crippen LogP contribution in [0.25, 0.3) is 0 Å². The van der Waals surface area contributed by atoms with Crippen molar-refractivity contribution in [3.8, 4) is 0 Å². The molecule has 0 aliphatic carbocycles. The minimum Gasteiger partial charge on any atom is -0.441 e. The number of carbonyl (C=O) groups is 2. The second-order valence-corrected chi connectivity index (χ2v) is 10.8. The Bertz CT molecular complexity index is 1070. The van der Waals surface area contributed by atoms with Gasteiger partial charge in [0.1, 0.15) is 11.9 Å². The molecule has 0 saturated carbocycles. The lowest BCUT2D eigenvalue weighted by Crippen LogP contribution is -2.35. The quantitative estimate of drug-likeness (QED) is 0.314. The number of nitrogens with one attached hydrogen (secondary N) is 1. The van der Waals surface area contributed by atoms with Crippen molar-refractivity contribution in [1.29, 1.82) is 0 Å². The zero-order chi connectivity index (χ0) is 29.4. The number of carbonyl (C=O) groups excluding carboxylic acids is 2. The van der Waals surface area contributed by atoms with Gasteiger partial charge in [-0.15, -0.1) is 0 Å². The van der Waals surface area contributed by atoms with E-state index in [1.807, 2.05) is 0 Å². The lowest BCUT2D eigenvalue weighted by Gasteiger charge is -2.31. The molecule has 9 nitrogen and oxygen atoms in total. The molecule has 7 N–H and O–H groups in total. The number of hydrogen-bond acceptors (Lipinski definition) is 7. The van der Waals surface area contributed by atoms with Crippen molar-refractivity contribution >= 4 is 17.7 Å². The van der Waals surface area contributed by atoms with Crippen LogP contribution >= 0.6 is 0 Å². The monoisotopic (exact) mass is 550 g/mol. The highest BCUT2D eigenvalue weighted by Gasteiger charge is 2.31. The molecule has 7 atom stereocenters. The number of aliphatic hydroxyl groups excluding tert-OH is 4. The molecule has 0 saturated heterocycles. The number of primary amides is 1. The van der Waals surface area contributed by atoms with E-state index < -0.39 is 59.8 Å². The van der Waals surface area contributed by atoms with Crippen LogP contribution in [-0.4, -0.2) is 57.8 Å². The van der Waals surface area contributed by atoms with Crippen LogP contribution in [0.15, 0.2) is 35.4 Å². The van der Waals surface area contributed by atoms with Crippen molar-refractivity contribution in [2.24, 2.45) is 29.4 Å². The van der Waals surface area contributed by atoms with Crippen LogP contribution in [0.4, 0.5) is 14.9 Å². The number of fused-ring (bicyclic) bond motifs is 2. The molecule has 2 rings (SSSR count). The lowest BCUT2D eigenvalue weighted by molar-refractivity contribution is -0.112. The van der Waals surface area contributed by atoms with E-state index in [1.165, 1.54) is 12.1 Å². The predicted molar refractivity (Wildman–Crippen MR) is 146 cm³/mol. The van der Waals surface area contributed by atoms with Gasteiger partial charge in [-0.2, -0.15) is 0 Å². The van der Waals surface area contributed by atoms with Crippen LogP contribution in [0.5, 0.6) is 0 Å². The van der Waals surface area contributed by atoms with E-state index in [1.54, 1.807) is 46.8 Å². The third-order valence-corrected chi connectivity index (χ3v) is 7.66. The number of aliphatic hydroxyl groups is 4. The second-order valence-electron chi connectivity index (χ2n) is 10.8. The SMILES string of the molecule is C/C1=C\CC[C@H](CO)[C@@H](OC(N)=O)/C(C)=C/[C@H](C)[C@@H](O)[C@@H](CO)C[C@H](C)[C@@H](O)c2cc(cc(F)c2C)NC1=O. The first-order valence-corrected chi connectivity index (χ1v) is 13.3. The smallest absolute Gasteiger partial charge is 0.405 e. The van der Waals surface area contributed by atoms with Crippen LogP contribution in [-0.2, 0) is 9.53 Å². The van der Waals surface area contributed by atoms with E-state index in [4.69, 9.17) is 10.5 Å². The van der Waals surface area contributed by atoms with E-state index in [-0.39, 0.29) is 30.9 Å². The van der Waals surface area contributed by atoms with Gasteiger partial charge in [-0.05, 0) is 74.8 Å². The average Bonchev–Trinajstić information content (AvgIpc) is 2.88. The van der Waals surface area contributed by atoms with Crippen LogP contribution < -0.4 is 11.1 Å². The lowest BCUT2D eigenvalue weighted by atomic mass is 9.81. The maximum atomic E-state index is 14.8. The molecular weight excluding hydrogens is 507 g/mol. The normalized spacial score (nSPS) is 32.4. The standard InChI is InChI=1S/C29H43FN2O7/c1-15-7-6-8-20(13-33)27(39-29(31)38)18(4)9-16(2)25(35)21(14-34)10-17(3)26(36)23-11-22(32-28(15)37)12-24(30)19(23)5/h7,9,11-12,16-17,20-21,25-27,33-36H,6,8,10,13-14H2,1-5H3,(H2,31,38)(H,32,37)/b15-7+,18-9+/t16-,17-,20+,21+,25+,26+,27-/m0/s1. The Balaban J connectivity index is 2.56. The average molecular weight is 551 g/mol. The number of rotatable bonds is 3. The number of ether oxygens (including phenoxy) is 1. The van der Waals surface area contributed by atoms with Crippen LogP contribution in [0.1, 0.15) is 64.2 Å². The number of allylic oxidation sites excluding steroid dienone is 1. The van der Waals surface area contributed by atoms with Crippen molar-refractivity contribution in [2.45, 2.75) is 72.2 Å². The molecule has 1 aliphatic heterocycles. The molecule has 2 bridgehead atoms. The van der Waals surface area contributed by atoms with Crippen molar-refractivity contribution in [1.82, 2.24) is 0 Å². The number of halogens is 1. The fourth-order valence-electron chi connectivity index (χ4n) is 5.21. The molecule has 1 aromatic rings. The topological polar surface area (TPSA) is 162 Å². The number of anilines is 1. The molecule has 39 heavy (non-hydrogen) atoms. The first-order valence-electron chi connectivity index (χ1n) is 13.3. The molecule has 0 unspecified atom stereocenters. The molecule has 2 amide bonds. The van der Waals surface area contributed by atoms with Gasteiger partial charge in [0.15, 0.2) is 0 Å². The molecule has 218 valence electrons. The van der Waals surface area contributed by atoms with E-state index >= 15 is 0 Å². The third-order valence-electron chi connectivity index (χ3n) is 7.66. The highest BCUT2D eigenvalue weighted by atomic mass is 19.1. The summed E-state index contributed by atoms with van der Waals surface area (Å²) in [7, 11) is 0. The third kappa shape index (κ3) is 8.60. The van der Waals surface area contributed by atoms with E-state index in [2.05, 4.69) is 5.32 Å². The summed E-state index contributed by atoms with van der Waals surface area (Å²) in [6.45, 7) is 7.68. The molecule has 0 spiro atoms. The molecular formula is C29H43FN2O7. The van der Waals surface area contributed by atoms with Crippen LogP contribution in [0.2, 0.25) is 0 Å². The Morgan fingerprint density at radius 2 is 1.77 bits per heavy atom. The largest absolute Gasteiger partial charge is 0.441 e. The number of hydrogen-bond donors (Lipinski definition) is 6. The zero-order valence-electron chi connectivity index (χ0n) is 23.4. The summed E-state index contributed by atoms with van der Waals surface area (Å²) in [6.07, 6.45) is 0.314. The van der Waals surface area contributed by atoms with Crippen molar-refractivity contribution in [3.63, 3.8) is 0 Å². The molecule has 1 heterocycles. The van der Waals surface area contributed by atoms with Gasteiger partial charge in [0.2, 0.25) is 0 Å². The highest BCUT2D eigenvalue weighted by Crippen LogP contribution is 2.34. The Morgan fingerprint density at radius 3 is 2.36 bits per heavy atom. The fraction of sp³-hybridized carbons (Fsp3) is 0.586. The van der Waals surface area contributed by atoms with Gasteiger partial charge in [0, 0.05) is 42.2 Å². The summed E-state index contributed by atoms with van der Waals surface area (Å²) >= 11 is 0. The molecule has 0 aromatic heterocycles. The number of benzene rings is 1. The van der Waals surface area contributed by atoms with Gasteiger partial charge in [-0.25, -0.2) is 9.18 Å². The summed E-state index contributed by atoms with van der Waals surface area (Å²) in [6, 6.07) is 2.72.